The Balaban J connectivity index is 0.00000205. The fourth-order valence-corrected chi connectivity index (χ4v) is 4.82. The number of fused-ring (bicyclic) bond motifs is 4. The van der Waals surface area contributed by atoms with Crippen molar-refractivity contribution in [2.75, 3.05) is 6.54 Å². The van der Waals surface area contributed by atoms with E-state index >= 15 is 0 Å². The maximum atomic E-state index is 4.75. The number of pyridine rings is 1. The van der Waals surface area contributed by atoms with Crippen LogP contribution in [0.4, 0.5) is 0 Å². The first-order valence-electron chi connectivity index (χ1n) is 10.3. The first-order valence-corrected chi connectivity index (χ1v) is 10.3. The summed E-state index contributed by atoms with van der Waals surface area (Å²) in [5.74, 6) is 0. The molecule has 1 atom stereocenters. The topological polar surface area (TPSA) is 21.1 Å². The number of nitrogens with zero attached hydrogens (tertiary/aromatic N) is 3. The van der Waals surface area contributed by atoms with E-state index in [2.05, 4.69) is 73.5 Å². The molecule has 1 radical (unpaired) electrons. The van der Waals surface area contributed by atoms with Crippen molar-refractivity contribution in [1.29, 1.82) is 0 Å². The van der Waals surface area contributed by atoms with Gasteiger partial charge in [0.25, 0.3) is 0 Å². The minimum absolute atomic E-state index is 0. The van der Waals surface area contributed by atoms with Gasteiger partial charge in [-0.2, -0.15) is 0 Å². The van der Waals surface area contributed by atoms with Gasteiger partial charge in [0.2, 0.25) is 0 Å². The zero-order chi connectivity index (χ0) is 19.1. The smallest absolute Gasteiger partial charge is 0.0607 e. The second-order valence-corrected chi connectivity index (χ2v) is 7.82. The monoisotopic (exact) mass is 457 g/mol. The molecule has 145 valence electrons. The zero-order valence-corrected chi connectivity index (χ0v) is 19.9. The fourth-order valence-electron chi connectivity index (χ4n) is 4.82. The predicted octanol–water partition coefficient (Wildman–Crippen LogP) is 5.73. The van der Waals surface area contributed by atoms with E-state index in [0.29, 0.717) is 6.04 Å². The molecule has 1 aliphatic carbocycles. The quantitative estimate of drug-likeness (QED) is 0.365. The normalized spacial score (nSPS) is 16.1. The van der Waals surface area contributed by atoms with E-state index in [1.54, 1.807) is 0 Å². The summed E-state index contributed by atoms with van der Waals surface area (Å²) in [6, 6.07) is 20.1. The van der Waals surface area contributed by atoms with E-state index in [1.807, 2.05) is 10.8 Å². The fraction of sp³-hybridized carbons (Fsp3) is 0.280. The standard InChI is InChI=1S/C25H26N3.Y/c1-3-28(24-12-6-8-19-9-7-15-26-25(19)24)17-18-13-14-23-21(16-18)20-10-4-5-11-22(20)27(23)2;/h4-5,7,9-11,13-16,24H,2-3,6,8,12,17H2,1H3;/q-1;. The van der Waals surface area contributed by atoms with Crippen LogP contribution in [0.2, 0.25) is 0 Å². The molecule has 1 aliphatic rings. The summed E-state index contributed by atoms with van der Waals surface area (Å²) >= 11 is 0. The van der Waals surface area contributed by atoms with Gasteiger partial charge in [-0.25, -0.2) is 0 Å². The van der Waals surface area contributed by atoms with Gasteiger partial charge >= 0.3 is 0 Å². The molecule has 5 rings (SSSR count). The SMILES string of the molecule is [CH2-]n1c2ccccc2c2cc(CN(CC)C3CCCc4cccnc43)ccc21.[Y]. The summed E-state index contributed by atoms with van der Waals surface area (Å²) in [7, 11) is 4.24. The molecule has 0 saturated heterocycles. The second-order valence-electron chi connectivity index (χ2n) is 7.82. The van der Waals surface area contributed by atoms with Crippen LogP contribution in [0, 0.1) is 7.05 Å². The van der Waals surface area contributed by atoms with Crippen molar-refractivity contribution in [3.8, 4) is 0 Å². The van der Waals surface area contributed by atoms with Gasteiger partial charge < -0.3 is 4.57 Å². The molecule has 4 heteroatoms. The van der Waals surface area contributed by atoms with E-state index in [4.69, 9.17) is 4.98 Å². The minimum Gasteiger partial charge on any atom is -0.481 e. The van der Waals surface area contributed by atoms with E-state index in [9.17, 15) is 0 Å². The number of hydrogen-bond acceptors (Lipinski definition) is 2. The number of benzene rings is 2. The molecule has 0 amide bonds. The van der Waals surface area contributed by atoms with Gasteiger partial charge in [0.1, 0.15) is 0 Å². The summed E-state index contributed by atoms with van der Waals surface area (Å²) < 4.78 is 2.05. The van der Waals surface area contributed by atoms with Crippen LogP contribution in [0.15, 0.2) is 60.8 Å². The van der Waals surface area contributed by atoms with Crippen LogP contribution in [0.1, 0.15) is 42.6 Å². The first kappa shape index (κ1) is 20.6. The number of hydrogen-bond donors (Lipinski definition) is 0. The molecule has 4 aromatic rings. The number of para-hydroxylation sites is 1. The van der Waals surface area contributed by atoms with Crippen LogP contribution in [0.3, 0.4) is 0 Å². The molecule has 0 saturated carbocycles. The van der Waals surface area contributed by atoms with Gasteiger partial charge in [-0.15, -0.1) is 7.05 Å². The Morgan fingerprint density at radius 3 is 2.76 bits per heavy atom. The molecule has 29 heavy (non-hydrogen) atoms. The van der Waals surface area contributed by atoms with Crippen molar-refractivity contribution in [3.63, 3.8) is 0 Å². The van der Waals surface area contributed by atoms with Gasteiger partial charge in [-0.3, -0.25) is 9.88 Å². The summed E-state index contributed by atoms with van der Waals surface area (Å²) in [4.78, 5) is 7.33. The van der Waals surface area contributed by atoms with E-state index in [1.165, 1.54) is 51.5 Å². The maximum Gasteiger partial charge on any atom is 0.0607 e. The van der Waals surface area contributed by atoms with Gasteiger partial charge in [0.05, 0.1) is 11.7 Å². The molecule has 0 aliphatic heterocycles. The maximum absolute atomic E-state index is 4.75. The van der Waals surface area contributed by atoms with Crippen LogP contribution < -0.4 is 0 Å². The van der Waals surface area contributed by atoms with Crippen LogP contribution in [0.25, 0.3) is 21.8 Å². The molecule has 0 N–H and O–H groups in total. The summed E-state index contributed by atoms with van der Waals surface area (Å²) in [6.07, 6.45) is 5.54. The minimum atomic E-state index is 0. The summed E-state index contributed by atoms with van der Waals surface area (Å²) in [5.41, 5.74) is 6.44. The first-order chi connectivity index (χ1) is 13.8. The van der Waals surface area contributed by atoms with Crippen molar-refractivity contribution in [2.45, 2.75) is 38.8 Å². The average Bonchev–Trinajstić information content (AvgIpc) is 3.04. The molecule has 2 heterocycles. The molecule has 3 nitrogen and oxygen atoms in total. The van der Waals surface area contributed by atoms with Gasteiger partial charge in [-0.05, 0) is 43.0 Å². The van der Waals surface area contributed by atoms with Crippen molar-refractivity contribution < 1.29 is 32.7 Å². The molecule has 0 fully saturated rings. The van der Waals surface area contributed by atoms with E-state index < -0.39 is 0 Å². The van der Waals surface area contributed by atoms with Crippen LogP contribution >= 0.6 is 0 Å². The van der Waals surface area contributed by atoms with Crippen LogP contribution in [0.5, 0.6) is 0 Å². The molecular formula is C25H26N3Y-. The third-order valence-corrected chi connectivity index (χ3v) is 6.23. The number of rotatable bonds is 4. The molecule has 2 aromatic heterocycles. The van der Waals surface area contributed by atoms with E-state index in [-0.39, 0.29) is 32.7 Å². The molecule has 2 aromatic carbocycles. The Kier molecular flexibility index (Phi) is 6.10. The molecule has 1 unspecified atom stereocenters. The number of aryl methyl sites for hydroxylation is 1. The Morgan fingerprint density at radius 1 is 1.07 bits per heavy atom. The summed E-state index contributed by atoms with van der Waals surface area (Å²) in [5, 5.41) is 2.57. The van der Waals surface area contributed by atoms with Crippen LogP contribution in [-0.4, -0.2) is 21.0 Å². The van der Waals surface area contributed by atoms with Crippen molar-refractivity contribution in [1.82, 2.24) is 14.5 Å². The van der Waals surface area contributed by atoms with E-state index in [0.717, 1.165) is 19.5 Å². The van der Waals surface area contributed by atoms with Gasteiger partial charge in [0, 0.05) is 45.5 Å². The summed E-state index contributed by atoms with van der Waals surface area (Å²) in [6.45, 7) is 4.23. The van der Waals surface area contributed by atoms with Crippen molar-refractivity contribution >= 4 is 21.8 Å². The second kappa shape index (κ2) is 8.59. The van der Waals surface area contributed by atoms with Crippen molar-refractivity contribution in [3.05, 3.63) is 84.7 Å². The average molecular weight is 457 g/mol. The predicted molar refractivity (Wildman–Crippen MR) is 116 cm³/mol. The Bertz CT molecular complexity index is 1150. The molecular weight excluding hydrogens is 431 g/mol. The van der Waals surface area contributed by atoms with Crippen molar-refractivity contribution in [2.24, 2.45) is 0 Å². The molecule has 0 bridgehead atoms. The third kappa shape index (κ3) is 3.65. The van der Waals surface area contributed by atoms with Gasteiger partial charge in [0.15, 0.2) is 0 Å². The molecule has 0 spiro atoms. The largest absolute Gasteiger partial charge is 0.481 e. The third-order valence-electron chi connectivity index (χ3n) is 6.23. The van der Waals surface area contributed by atoms with Gasteiger partial charge in [-0.1, -0.05) is 77.3 Å². The Morgan fingerprint density at radius 2 is 1.90 bits per heavy atom. The zero-order valence-electron chi connectivity index (χ0n) is 17.0. The Hall–Kier alpha value is -1.68. The number of aromatic nitrogens is 2. The Labute approximate surface area is 198 Å². The van der Waals surface area contributed by atoms with Crippen LogP contribution in [-0.2, 0) is 45.7 Å².